The predicted octanol–water partition coefficient (Wildman–Crippen LogP) is 0.983. The first-order chi connectivity index (χ1) is 7.31. The van der Waals surface area contributed by atoms with Crippen molar-refractivity contribution in [1.82, 2.24) is 5.32 Å². The summed E-state index contributed by atoms with van der Waals surface area (Å²) in [5.74, 6) is 3.43. The molecular weight excluding hydrogens is 208 g/mol. The topological polar surface area (TPSA) is 55.1 Å². The fourth-order valence-corrected chi connectivity index (χ4v) is 3.23. The standard InChI is InChI=1S/C11H20N2OS/c12-7-10(8-1-2-8)13-11(14)9-3-5-15-6-4-9/h8-10H,1-7,12H2,(H,13,14). The van der Waals surface area contributed by atoms with E-state index in [0.717, 1.165) is 24.3 Å². The molecule has 86 valence electrons. The molecule has 1 aliphatic heterocycles. The van der Waals surface area contributed by atoms with E-state index in [4.69, 9.17) is 5.73 Å². The number of hydrogen-bond acceptors (Lipinski definition) is 3. The maximum atomic E-state index is 11.9. The fourth-order valence-electron chi connectivity index (χ4n) is 2.13. The summed E-state index contributed by atoms with van der Waals surface area (Å²) in [6.45, 7) is 0.595. The molecule has 2 fully saturated rings. The molecule has 1 unspecified atom stereocenters. The molecule has 4 heteroatoms. The maximum absolute atomic E-state index is 11.9. The van der Waals surface area contributed by atoms with Crippen LogP contribution in [0.3, 0.4) is 0 Å². The molecule has 2 aliphatic rings. The minimum absolute atomic E-state index is 0.243. The van der Waals surface area contributed by atoms with E-state index in [1.807, 2.05) is 11.8 Å². The summed E-state index contributed by atoms with van der Waals surface area (Å²) in [5, 5.41) is 3.13. The summed E-state index contributed by atoms with van der Waals surface area (Å²) in [5.41, 5.74) is 5.67. The molecule has 15 heavy (non-hydrogen) atoms. The maximum Gasteiger partial charge on any atom is 0.223 e. The molecule has 1 saturated heterocycles. The van der Waals surface area contributed by atoms with Gasteiger partial charge >= 0.3 is 0 Å². The monoisotopic (exact) mass is 228 g/mol. The summed E-state index contributed by atoms with van der Waals surface area (Å²) in [6.07, 6.45) is 4.56. The van der Waals surface area contributed by atoms with E-state index in [9.17, 15) is 4.79 Å². The number of amides is 1. The number of hydrogen-bond donors (Lipinski definition) is 2. The predicted molar refractivity (Wildman–Crippen MR) is 63.8 cm³/mol. The molecule has 0 bridgehead atoms. The molecule has 0 aromatic carbocycles. The molecule has 1 saturated carbocycles. The van der Waals surface area contributed by atoms with Gasteiger partial charge in [0.2, 0.25) is 5.91 Å². The summed E-state index contributed by atoms with van der Waals surface area (Å²) >= 11 is 1.95. The highest BCUT2D eigenvalue weighted by Crippen LogP contribution is 2.32. The number of carbonyl (C=O) groups is 1. The number of nitrogens with one attached hydrogen (secondary N) is 1. The van der Waals surface area contributed by atoms with E-state index in [1.165, 1.54) is 12.8 Å². The first-order valence-electron chi connectivity index (χ1n) is 5.89. The second kappa shape index (κ2) is 5.21. The molecule has 0 aromatic heterocycles. The lowest BCUT2D eigenvalue weighted by atomic mass is 10.0. The van der Waals surface area contributed by atoms with E-state index in [2.05, 4.69) is 5.32 Å². The van der Waals surface area contributed by atoms with Gasteiger partial charge in [-0.3, -0.25) is 4.79 Å². The van der Waals surface area contributed by atoms with Gasteiger partial charge in [-0.25, -0.2) is 0 Å². The number of rotatable bonds is 4. The van der Waals surface area contributed by atoms with Gasteiger partial charge < -0.3 is 11.1 Å². The van der Waals surface area contributed by atoms with Crippen LogP contribution >= 0.6 is 11.8 Å². The largest absolute Gasteiger partial charge is 0.352 e. The smallest absolute Gasteiger partial charge is 0.223 e. The first kappa shape index (κ1) is 11.3. The Balaban J connectivity index is 1.78. The Kier molecular flexibility index (Phi) is 3.92. The van der Waals surface area contributed by atoms with E-state index < -0.39 is 0 Å². The second-order valence-corrected chi connectivity index (χ2v) is 5.80. The zero-order valence-electron chi connectivity index (χ0n) is 9.08. The first-order valence-corrected chi connectivity index (χ1v) is 7.05. The van der Waals surface area contributed by atoms with Crippen LogP contribution in [-0.2, 0) is 4.79 Å². The molecule has 3 nitrogen and oxygen atoms in total. The van der Waals surface area contributed by atoms with Crippen LogP contribution in [0.25, 0.3) is 0 Å². The van der Waals surface area contributed by atoms with Crippen LogP contribution in [0.15, 0.2) is 0 Å². The lowest BCUT2D eigenvalue weighted by Gasteiger charge is -2.24. The third-order valence-electron chi connectivity index (χ3n) is 3.36. The Morgan fingerprint density at radius 1 is 1.33 bits per heavy atom. The van der Waals surface area contributed by atoms with Crippen LogP contribution in [0.5, 0.6) is 0 Å². The zero-order valence-corrected chi connectivity index (χ0v) is 9.89. The average Bonchev–Trinajstić information content (AvgIpc) is 3.10. The van der Waals surface area contributed by atoms with Crippen molar-refractivity contribution in [3.05, 3.63) is 0 Å². The Hall–Kier alpha value is -0.220. The minimum Gasteiger partial charge on any atom is -0.352 e. The normalized spacial score (nSPS) is 24.9. The Labute approximate surface area is 95.6 Å². The van der Waals surface area contributed by atoms with E-state index in [-0.39, 0.29) is 17.9 Å². The molecule has 1 atom stereocenters. The molecular formula is C11H20N2OS. The third kappa shape index (κ3) is 3.11. The summed E-state index contributed by atoms with van der Waals surface area (Å²) < 4.78 is 0. The molecule has 0 spiro atoms. The summed E-state index contributed by atoms with van der Waals surface area (Å²) in [6, 6.07) is 0.243. The van der Waals surface area contributed by atoms with Crippen LogP contribution < -0.4 is 11.1 Å². The Morgan fingerprint density at radius 3 is 2.53 bits per heavy atom. The van der Waals surface area contributed by atoms with Crippen LogP contribution in [0, 0.1) is 11.8 Å². The van der Waals surface area contributed by atoms with Crippen LogP contribution in [0.2, 0.25) is 0 Å². The molecule has 1 amide bonds. The van der Waals surface area contributed by atoms with Gasteiger partial charge in [-0.1, -0.05) is 0 Å². The van der Waals surface area contributed by atoms with Gasteiger partial charge in [-0.15, -0.1) is 0 Å². The quantitative estimate of drug-likeness (QED) is 0.754. The van der Waals surface area contributed by atoms with Gasteiger partial charge in [0.05, 0.1) is 0 Å². The van der Waals surface area contributed by atoms with Crippen molar-refractivity contribution >= 4 is 17.7 Å². The van der Waals surface area contributed by atoms with Crippen molar-refractivity contribution in [2.24, 2.45) is 17.6 Å². The van der Waals surface area contributed by atoms with Gasteiger partial charge in [0.1, 0.15) is 0 Å². The Bertz CT molecular complexity index is 225. The van der Waals surface area contributed by atoms with Gasteiger partial charge in [-0.05, 0) is 43.1 Å². The van der Waals surface area contributed by atoms with Gasteiger partial charge in [-0.2, -0.15) is 11.8 Å². The van der Waals surface area contributed by atoms with Crippen LogP contribution in [0.4, 0.5) is 0 Å². The van der Waals surface area contributed by atoms with Gasteiger partial charge in [0.15, 0.2) is 0 Å². The lowest BCUT2D eigenvalue weighted by Crippen LogP contribution is -2.45. The molecule has 2 rings (SSSR count). The highest BCUT2D eigenvalue weighted by molar-refractivity contribution is 7.99. The van der Waals surface area contributed by atoms with Crippen molar-refractivity contribution < 1.29 is 4.79 Å². The molecule has 0 radical (unpaired) electrons. The third-order valence-corrected chi connectivity index (χ3v) is 4.41. The van der Waals surface area contributed by atoms with E-state index in [0.29, 0.717) is 12.5 Å². The van der Waals surface area contributed by atoms with E-state index in [1.54, 1.807) is 0 Å². The molecule has 0 aromatic rings. The van der Waals surface area contributed by atoms with Crippen LogP contribution in [0.1, 0.15) is 25.7 Å². The van der Waals surface area contributed by atoms with Crippen molar-refractivity contribution in [1.29, 1.82) is 0 Å². The highest BCUT2D eigenvalue weighted by atomic mass is 32.2. The summed E-state index contributed by atoms with van der Waals surface area (Å²) in [4.78, 5) is 11.9. The van der Waals surface area contributed by atoms with Gasteiger partial charge in [0.25, 0.3) is 0 Å². The van der Waals surface area contributed by atoms with Crippen molar-refractivity contribution in [2.75, 3.05) is 18.1 Å². The zero-order chi connectivity index (χ0) is 10.7. The Morgan fingerprint density at radius 2 is 2.00 bits per heavy atom. The molecule has 3 N–H and O–H groups in total. The molecule has 1 aliphatic carbocycles. The number of thioether (sulfide) groups is 1. The summed E-state index contributed by atoms with van der Waals surface area (Å²) in [7, 11) is 0. The second-order valence-electron chi connectivity index (χ2n) is 4.57. The van der Waals surface area contributed by atoms with Crippen molar-refractivity contribution in [3.63, 3.8) is 0 Å². The lowest BCUT2D eigenvalue weighted by molar-refractivity contribution is -0.126. The van der Waals surface area contributed by atoms with Crippen molar-refractivity contribution in [3.8, 4) is 0 Å². The SMILES string of the molecule is NCC(NC(=O)C1CCSCC1)C1CC1. The van der Waals surface area contributed by atoms with Crippen LogP contribution in [-0.4, -0.2) is 30.0 Å². The fraction of sp³-hybridized carbons (Fsp3) is 0.909. The molecule has 1 heterocycles. The number of carbonyl (C=O) groups excluding carboxylic acids is 1. The minimum atomic E-state index is 0.243. The number of nitrogens with two attached hydrogens (primary N) is 1. The average molecular weight is 228 g/mol. The van der Waals surface area contributed by atoms with E-state index >= 15 is 0 Å². The van der Waals surface area contributed by atoms with Gasteiger partial charge in [0, 0.05) is 18.5 Å². The van der Waals surface area contributed by atoms with Crippen molar-refractivity contribution in [2.45, 2.75) is 31.7 Å². The highest BCUT2D eigenvalue weighted by Gasteiger charge is 2.32.